The molecule has 2 aromatic carbocycles. The van der Waals surface area contributed by atoms with Gasteiger partial charge in [0.1, 0.15) is 12.4 Å². The molecule has 0 aliphatic heterocycles. The summed E-state index contributed by atoms with van der Waals surface area (Å²) >= 11 is 0. The summed E-state index contributed by atoms with van der Waals surface area (Å²) in [6.07, 6.45) is 0.151. The van der Waals surface area contributed by atoms with Crippen LogP contribution in [0.5, 0.6) is 5.75 Å². The molecule has 0 aliphatic rings. The van der Waals surface area contributed by atoms with E-state index in [9.17, 15) is 4.79 Å². The highest BCUT2D eigenvalue weighted by molar-refractivity contribution is 5.70. The summed E-state index contributed by atoms with van der Waals surface area (Å²) in [4.78, 5) is 11.3. The Morgan fingerprint density at radius 1 is 1.14 bits per heavy atom. The Hall–Kier alpha value is -2.33. The molecular formula is C17H19NO3. The quantitative estimate of drug-likeness (QED) is 0.829. The molecule has 0 heterocycles. The molecule has 2 aromatic rings. The number of ether oxygens (including phenoxy) is 2. The molecule has 0 bridgehead atoms. The van der Waals surface area contributed by atoms with Crippen molar-refractivity contribution in [2.24, 2.45) is 5.73 Å². The number of esters is 1. The molecule has 4 heteroatoms. The van der Waals surface area contributed by atoms with Crippen molar-refractivity contribution in [2.75, 3.05) is 7.11 Å². The Bertz CT molecular complexity index is 584. The maximum atomic E-state index is 11.3. The Morgan fingerprint density at radius 3 is 2.62 bits per heavy atom. The zero-order chi connectivity index (χ0) is 15.1. The van der Waals surface area contributed by atoms with Crippen LogP contribution in [-0.2, 0) is 16.1 Å². The van der Waals surface area contributed by atoms with Gasteiger partial charge in [-0.2, -0.15) is 0 Å². The molecule has 0 saturated heterocycles. The first-order valence-electron chi connectivity index (χ1n) is 6.78. The average molecular weight is 285 g/mol. The first-order valence-corrected chi connectivity index (χ1v) is 6.78. The molecule has 0 spiro atoms. The van der Waals surface area contributed by atoms with E-state index in [1.54, 1.807) is 0 Å². The summed E-state index contributed by atoms with van der Waals surface area (Å²) in [5.74, 6) is 0.412. The van der Waals surface area contributed by atoms with Crippen LogP contribution in [0, 0.1) is 0 Å². The Morgan fingerprint density at radius 2 is 1.90 bits per heavy atom. The Labute approximate surface area is 124 Å². The predicted molar refractivity (Wildman–Crippen MR) is 80.8 cm³/mol. The van der Waals surface area contributed by atoms with Crippen molar-refractivity contribution >= 4 is 5.97 Å². The van der Waals surface area contributed by atoms with Gasteiger partial charge in [0.2, 0.25) is 0 Å². The lowest BCUT2D eigenvalue weighted by Crippen LogP contribution is -2.16. The van der Waals surface area contributed by atoms with Crippen LogP contribution >= 0.6 is 0 Å². The zero-order valence-electron chi connectivity index (χ0n) is 12.0. The molecule has 0 unspecified atom stereocenters. The molecule has 0 saturated carbocycles. The zero-order valence-corrected chi connectivity index (χ0v) is 12.0. The predicted octanol–water partition coefficient (Wildman–Crippen LogP) is 2.83. The molecule has 2 N–H and O–H groups in total. The highest BCUT2D eigenvalue weighted by Gasteiger charge is 2.12. The Kier molecular flexibility index (Phi) is 5.35. The van der Waals surface area contributed by atoms with Gasteiger partial charge >= 0.3 is 5.97 Å². The molecule has 0 radical (unpaired) electrons. The monoisotopic (exact) mass is 285 g/mol. The third kappa shape index (κ3) is 4.61. The van der Waals surface area contributed by atoms with Gasteiger partial charge in [0, 0.05) is 6.04 Å². The van der Waals surface area contributed by atoms with Crippen molar-refractivity contribution in [3.05, 3.63) is 65.7 Å². The van der Waals surface area contributed by atoms with E-state index in [0.717, 1.165) is 16.9 Å². The minimum Gasteiger partial charge on any atom is -0.489 e. The molecule has 0 aromatic heterocycles. The van der Waals surface area contributed by atoms with E-state index in [2.05, 4.69) is 4.74 Å². The SMILES string of the molecule is COC(=O)C[C@@H](N)c1cccc(OCc2ccccc2)c1. The fraction of sp³-hybridized carbons (Fsp3) is 0.235. The third-order valence-corrected chi connectivity index (χ3v) is 3.15. The van der Waals surface area contributed by atoms with Crippen LogP contribution in [0.25, 0.3) is 0 Å². The minimum atomic E-state index is -0.391. The van der Waals surface area contributed by atoms with Gasteiger partial charge < -0.3 is 15.2 Å². The van der Waals surface area contributed by atoms with Gasteiger partial charge in [-0.15, -0.1) is 0 Å². The molecule has 0 fully saturated rings. The normalized spacial score (nSPS) is 11.7. The van der Waals surface area contributed by atoms with Gasteiger partial charge in [-0.1, -0.05) is 42.5 Å². The van der Waals surface area contributed by atoms with Crippen molar-refractivity contribution in [1.82, 2.24) is 0 Å². The third-order valence-electron chi connectivity index (χ3n) is 3.15. The molecule has 110 valence electrons. The fourth-order valence-corrected chi connectivity index (χ4v) is 1.96. The number of rotatable bonds is 6. The number of nitrogens with two attached hydrogens (primary N) is 1. The van der Waals surface area contributed by atoms with Crippen LogP contribution in [0.3, 0.4) is 0 Å². The molecule has 0 aliphatic carbocycles. The number of carbonyl (C=O) groups excluding carboxylic acids is 1. The van der Waals surface area contributed by atoms with E-state index < -0.39 is 6.04 Å². The van der Waals surface area contributed by atoms with Crippen LogP contribution in [0.4, 0.5) is 0 Å². The topological polar surface area (TPSA) is 61.5 Å². The summed E-state index contributed by atoms with van der Waals surface area (Å²) in [5, 5.41) is 0. The second-order valence-electron chi connectivity index (χ2n) is 4.73. The molecular weight excluding hydrogens is 266 g/mol. The lowest BCUT2D eigenvalue weighted by molar-refractivity contribution is -0.141. The van der Waals surface area contributed by atoms with E-state index in [1.807, 2.05) is 54.6 Å². The van der Waals surface area contributed by atoms with E-state index in [4.69, 9.17) is 10.5 Å². The van der Waals surface area contributed by atoms with Crippen molar-refractivity contribution in [2.45, 2.75) is 19.1 Å². The highest BCUT2D eigenvalue weighted by atomic mass is 16.5. The summed E-state index contributed by atoms with van der Waals surface area (Å²) < 4.78 is 10.4. The second kappa shape index (κ2) is 7.45. The Balaban J connectivity index is 1.99. The number of carbonyl (C=O) groups is 1. The maximum Gasteiger partial charge on any atom is 0.307 e. The first kappa shape index (κ1) is 15.1. The lowest BCUT2D eigenvalue weighted by atomic mass is 10.0. The maximum absolute atomic E-state index is 11.3. The molecule has 0 amide bonds. The van der Waals surface area contributed by atoms with Crippen molar-refractivity contribution in [3.63, 3.8) is 0 Å². The largest absolute Gasteiger partial charge is 0.489 e. The van der Waals surface area contributed by atoms with Gasteiger partial charge in [-0.3, -0.25) is 4.79 Å². The van der Waals surface area contributed by atoms with Gasteiger partial charge in [0.15, 0.2) is 0 Å². The van der Waals surface area contributed by atoms with Crippen LogP contribution in [0.2, 0.25) is 0 Å². The summed E-state index contributed by atoms with van der Waals surface area (Å²) in [7, 11) is 1.36. The minimum absolute atomic E-state index is 0.151. The van der Waals surface area contributed by atoms with Gasteiger partial charge in [-0.25, -0.2) is 0 Å². The van der Waals surface area contributed by atoms with E-state index in [0.29, 0.717) is 6.61 Å². The van der Waals surface area contributed by atoms with Crippen LogP contribution in [0.1, 0.15) is 23.6 Å². The van der Waals surface area contributed by atoms with Gasteiger partial charge in [-0.05, 0) is 23.3 Å². The smallest absolute Gasteiger partial charge is 0.307 e. The lowest BCUT2D eigenvalue weighted by Gasteiger charge is -2.13. The number of methoxy groups -OCH3 is 1. The van der Waals surface area contributed by atoms with Crippen molar-refractivity contribution in [1.29, 1.82) is 0 Å². The molecule has 21 heavy (non-hydrogen) atoms. The summed E-state index contributed by atoms with van der Waals surface area (Å²) in [6, 6.07) is 17.0. The molecule has 1 atom stereocenters. The van der Waals surface area contributed by atoms with E-state index >= 15 is 0 Å². The van der Waals surface area contributed by atoms with E-state index in [1.165, 1.54) is 7.11 Å². The van der Waals surface area contributed by atoms with Crippen LogP contribution < -0.4 is 10.5 Å². The van der Waals surface area contributed by atoms with Crippen LogP contribution in [-0.4, -0.2) is 13.1 Å². The average Bonchev–Trinajstić information content (AvgIpc) is 2.54. The van der Waals surface area contributed by atoms with Gasteiger partial charge in [0.25, 0.3) is 0 Å². The number of hydrogen-bond donors (Lipinski definition) is 1. The van der Waals surface area contributed by atoms with Crippen LogP contribution in [0.15, 0.2) is 54.6 Å². The second-order valence-corrected chi connectivity index (χ2v) is 4.73. The van der Waals surface area contributed by atoms with Crippen molar-refractivity contribution < 1.29 is 14.3 Å². The number of hydrogen-bond acceptors (Lipinski definition) is 4. The summed E-state index contributed by atoms with van der Waals surface area (Å²) in [5.41, 5.74) is 7.94. The van der Waals surface area contributed by atoms with Gasteiger partial charge in [0.05, 0.1) is 13.5 Å². The van der Waals surface area contributed by atoms with Crippen molar-refractivity contribution in [3.8, 4) is 5.75 Å². The fourth-order valence-electron chi connectivity index (χ4n) is 1.96. The van der Waals surface area contributed by atoms with E-state index in [-0.39, 0.29) is 12.4 Å². The molecule has 2 rings (SSSR count). The number of benzene rings is 2. The summed E-state index contributed by atoms with van der Waals surface area (Å²) in [6.45, 7) is 0.497. The first-order chi connectivity index (χ1) is 10.2. The highest BCUT2D eigenvalue weighted by Crippen LogP contribution is 2.21. The standard InChI is InChI=1S/C17H19NO3/c1-20-17(19)11-16(18)14-8-5-9-15(10-14)21-12-13-6-3-2-4-7-13/h2-10,16H,11-12,18H2,1H3/t16-/m1/s1. The molecule has 4 nitrogen and oxygen atoms in total.